The predicted octanol–water partition coefficient (Wildman–Crippen LogP) is 4.09. The fourth-order valence-electron chi connectivity index (χ4n) is 4.77. The summed E-state index contributed by atoms with van der Waals surface area (Å²) in [5.41, 5.74) is 1.71. The summed E-state index contributed by atoms with van der Waals surface area (Å²) in [5, 5.41) is 8.14. The fourth-order valence-corrected chi connectivity index (χ4v) is 4.77. The molecule has 1 atom stereocenters. The molecule has 1 aliphatic carbocycles. The van der Waals surface area contributed by atoms with Crippen molar-refractivity contribution >= 4 is 22.8 Å². The number of hydrogen-bond donors (Lipinski definition) is 1. The first-order valence-corrected chi connectivity index (χ1v) is 11.1. The van der Waals surface area contributed by atoms with Crippen molar-refractivity contribution in [2.75, 3.05) is 18.0 Å². The van der Waals surface area contributed by atoms with Gasteiger partial charge >= 0.3 is 0 Å². The van der Waals surface area contributed by atoms with E-state index >= 15 is 0 Å². The minimum absolute atomic E-state index is 0.0742. The van der Waals surface area contributed by atoms with Crippen LogP contribution in [0.5, 0.6) is 0 Å². The molecule has 8 heteroatoms. The van der Waals surface area contributed by atoms with Crippen LogP contribution in [0.4, 0.5) is 10.2 Å². The van der Waals surface area contributed by atoms with Crippen molar-refractivity contribution in [1.82, 2.24) is 20.4 Å². The molecule has 2 aliphatic rings. The van der Waals surface area contributed by atoms with Crippen molar-refractivity contribution in [3.8, 4) is 11.3 Å². The van der Waals surface area contributed by atoms with Gasteiger partial charge in [-0.1, -0.05) is 24.4 Å². The lowest BCUT2D eigenvalue weighted by Crippen LogP contribution is -2.46. The lowest BCUT2D eigenvalue weighted by atomic mass is 9.93. The van der Waals surface area contributed by atoms with Crippen LogP contribution in [-0.2, 0) is 4.79 Å². The number of anilines is 1. The number of amides is 1. The summed E-state index contributed by atoms with van der Waals surface area (Å²) in [6.07, 6.45) is 9.06. The molecule has 1 aromatic carbocycles. The third kappa shape index (κ3) is 4.11. The Balaban J connectivity index is 1.40. The van der Waals surface area contributed by atoms with Crippen molar-refractivity contribution in [1.29, 1.82) is 0 Å². The number of hydrogen-bond acceptors (Lipinski definition) is 6. The van der Waals surface area contributed by atoms with E-state index in [4.69, 9.17) is 4.52 Å². The number of piperidine rings is 1. The molecular formula is C23H26FN5O2. The summed E-state index contributed by atoms with van der Waals surface area (Å²) in [6.45, 7) is 1.39. The average Bonchev–Trinajstić information content (AvgIpc) is 3.25. The van der Waals surface area contributed by atoms with Crippen LogP contribution in [0.15, 0.2) is 35.1 Å². The van der Waals surface area contributed by atoms with Gasteiger partial charge < -0.3 is 14.7 Å². The molecule has 0 bridgehead atoms. The molecule has 3 aromatic rings. The number of carbonyl (C=O) groups is 1. The Kier molecular flexibility index (Phi) is 5.53. The van der Waals surface area contributed by atoms with Gasteiger partial charge in [0.05, 0.1) is 5.92 Å². The van der Waals surface area contributed by atoms with Crippen molar-refractivity contribution in [2.45, 2.75) is 51.0 Å². The molecule has 1 aliphatic heterocycles. The second kappa shape index (κ2) is 8.61. The lowest BCUT2D eigenvalue weighted by molar-refractivity contribution is -0.126. The molecule has 5 rings (SSSR count). The third-order valence-electron chi connectivity index (χ3n) is 6.41. The summed E-state index contributed by atoms with van der Waals surface area (Å²) < 4.78 is 18.8. The van der Waals surface area contributed by atoms with Crippen LogP contribution in [0, 0.1) is 11.7 Å². The van der Waals surface area contributed by atoms with Gasteiger partial charge in [0, 0.05) is 24.7 Å². The molecule has 1 amide bonds. The van der Waals surface area contributed by atoms with E-state index in [1.165, 1.54) is 37.7 Å². The Morgan fingerprint density at radius 3 is 2.68 bits per heavy atom. The average molecular weight is 423 g/mol. The number of halogens is 1. The standard InChI is InChI=1S/C23H26FN5O2/c24-17-10-8-15(9-11-17)20-19-21(25-14-26-23(19)31-28-20)29-12-4-5-16(13-29)22(30)27-18-6-2-1-3-7-18/h8-11,14,16,18H,1-7,12-13H2,(H,27,30). The Morgan fingerprint density at radius 2 is 1.87 bits per heavy atom. The normalized spacial score (nSPS) is 20.2. The van der Waals surface area contributed by atoms with Crippen molar-refractivity contribution < 1.29 is 13.7 Å². The molecule has 31 heavy (non-hydrogen) atoms. The third-order valence-corrected chi connectivity index (χ3v) is 6.41. The molecule has 162 valence electrons. The van der Waals surface area contributed by atoms with Gasteiger partial charge in [-0.05, 0) is 49.9 Å². The van der Waals surface area contributed by atoms with Gasteiger partial charge in [-0.3, -0.25) is 4.79 Å². The zero-order valence-corrected chi connectivity index (χ0v) is 17.4. The van der Waals surface area contributed by atoms with Crippen LogP contribution in [0.25, 0.3) is 22.4 Å². The van der Waals surface area contributed by atoms with E-state index in [9.17, 15) is 9.18 Å². The monoisotopic (exact) mass is 423 g/mol. The van der Waals surface area contributed by atoms with Crippen LogP contribution in [0.3, 0.4) is 0 Å². The van der Waals surface area contributed by atoms with Gasteiger partial charge in [-0.15, -0.1) is 0 Å². The Hall–Kier alpha value is -3.03. The van der Waals surface area contributed by atoms with E-state index < -0.39 is 0 Å². The minimum atomic E-state index is -0.309. The Morgan fingerprint density at radius 1 is 1.06 bits per heavy atom. The largest absolute Gasteiger partial charge is 0.355 e. The number of nitrogens with zero attached hydrogens (tertiary/aromatic N) is 4. The van der Waals surface area contributed by atoms with E-state index in [0.717, 1.165) is 37.8 Å². The molecule has 1 N–H and O–H groups in total. The maximum Gasteiger partial charge on any atom is 0.263 e. The van der Waals surface area contributed by atoms with Crippen molar-refractivity contribution in [3.63, 3.8) is 0 Å². The molecule has 3 heterocycles. The fraction of sp³-hybridized carbons (Fsp3) is 0.478. The quantitative estimate of drug-likeness (QED) is 0.680. The second-order valence-corrected chi connectivity index (χ2v) is 8.54. The summed E-state index contributed by atoms with van der Waals surface area (Å²) >= 11 is 0. The highest BCUT2D eigenvalue weighted by Gasteiger charge is 2.30. The summed E-state index contributed by atoms with van der Waals surface area (Å²) in [7, 11) is 0. The van der Waals surface area contributed by atoms with Gasteiger partial charge in [0.2, 0.25) is 5.91 Å². The summed E-state index contributed by atoms with van der Waals surface area (Å²) in [6, 6.07) is 6.43. The summed E-state index contributed by atoms with van der Waals surface area (Å²) in [4.78, 5) is 23.8. The highest BCUT2D eigenvalue weighted by Crippen LogP contribution is 2.35. The second-order valence-electron chi connectivity index (χ2n) is 8.54. The number of benzene rings is 1. The maximum atomic E-state index is 13.4. The van der Waals surface area contributed by atoms with Crippen LogP contribution in [0.2, 0.25) is 0 Å². The number of fused-ring (bicyclic) bond motifs is 1. The first-order valence-electron chi connectivity index (χ1n) is 11.1. The van der Waals surface area contributed by atoms with Crippen LogP contribution < -0.4 is 10.2 Å². The molecule has 1 saturated heterocycles. The molecule has 2 fully saturated rings. The molecule has 1 saturated carbocycles. The minimum Gasteiger partial charge on any atom is -0.355 e. The van der Waals surface area contributed by atoms with Gasteiger partial charge in [-0.2, -0.15) is 4.98 Å². The smallest absolute Gasteiger partial charge is 0.263 e. The highest BCUT2D eigenvalue weighted by molar-refractivity contribution is 5.98. The highest BCUT2D eigenvalue weighted by atomic mass is 19.1. The molecule has 7 nitrogen and oxygen atoms in total. The first kappa shape index (κ1) is 19.9. The molecule has 2 aromatic heterocycles. The van der Waals surface area contributed by atoms with E-state index in [0.29, 0.717) is 35.2 Å². The summed E-state index contributed by atoms with van der Waals surface area (Å²) in [5.74, 6) is 0.470. The number of carbonyl (C=O) groups excluding carboxylic acids is 1. The van der Waals surface area contributed by atoms with Gasteiger partial charge in [-0.25, -0.2) is 9.37 Å². The topological polar surface area (TPSA) is 84.2 Å². The van der Waals surface area contributed by atoms with E-state index in [-0.39, 0.29) is 17.6 Å². The first-order chi connectivity index (χ1) is 15.2. The van der Waals surface area contributed by atoms with Crippen LogP contribution in [0.1, 0.15) is 44.9 Å². The molecular weight excluding hydrogens is 397 g/mol. The van der Waals surface area contributed by atoms with Crippen LogP contribution >= 0.6 is 0 Å². The van der Waals surface area contributed by atoms with Gasteiger partial charge in [0.1, 0.15) is 29.0 Å². The zero-order chi connectivity index (χ0) is 21.2. The van der Waals surface area contributed by atoms with Crippen LogP contribution in [-0.4, -0.2) is 40.2 Å². The van der Waals surface area contributed by atoms with Gasteiger partial charge in [0.15, 0.2) is 0 Å². The number of rotatable bonds is 4. The Labute approximate surface area is 180 Å². The maximum absolute atomic E-state index is 13.4. The van der Waals surface area contributed by atoms with E-state index in [2.05, 4.69) is 25.3 Å². The molecule has 1 unspecified atom stereocenters. The van der Waals surface area contributed by atoms with E-state index in [1.54, 1.807) is 12.1 Å². The van der Waals surface area contributed by atoms with Crippen molar-refractivity contribution in [3.05, 3.63) is 36.4 Å². The zero-order valence-electron chi connectivity index (χ0n) is 17.4. The number of nitrogens with one attached hydrogen (secondary N) is 1. The van der Waals surface area contributed by atoms with E-state index in [1.807, 2.05) is 0 Å². The predicted molar refractivity (Wildman–Crippen MR) is 115 cm³/mol. The van der Waals surface area contributed by atoms with Gasteiger partial charge in [0.25, 0.3) is 5.71 Å². The molecule has 0 radical (unpaired) electrons. The lowest BCUT2D eigenvalue weighted by Gasteiger charge is -2.34. The molecule has 0 spiro atoms. The number of aromatic nitrogens is 3. The SMILES string of the molecule is O=C(NC1CCCCC1)C1CCCN(c2ncnc3onc(-c4ccc(F)cc4)c23)C1. The Bertz CT molecular complexity index is 1060. The van der Waals surface area contributed by atoms with Crippen molar-refractivity contribution in [2.24, 2.45) is 5.92 Å².